The zero-order valence-electron chi connectivity index (χ0n) is 11.1. The van der Waals surface area contributed by atoms with Crippen LogP contribution in [0, 0.1) is 6.92 Å². The van der Waals surface area contributed by atoms with Crippen LogP contribution in [0.1, 0.15) is 18.4 Å². The van der Waals surface area contributed by atoms with Crippen molar-refractivity contribution in [2.45, 2.75) is 19.8 Å². The van der Waals surface area contributed by atoms with Crippen LogP contribution in [0.3, 0.4) is 0 Å². The van der Waals surface area contributed by atoms with E-state index in [0.717, 1.165) is 25.2 Å². The first-order valence-electron chi connectivity index (χ1n) is 6.46. The summed E-state index contributed by atoms with van der Waals surface area (Å²) >= 11 is 0. The van der Waals surface area contributed by atoms with E-state index in [9.17, 15) is 4.79 Å². The van der Waals surface area contributed by atoms with Gasteiger partial charge >= 0.3 is 0 Å². The summed E-state index contributed by atoms with van der Waals surface area (Å²) in [5.74, 6) is 0.178. The van der Waals surface area contributed by atoms with Crippen molar-refractivity contribution in [1.82, 2.24) is 0 Å². The number of nitrogens with zero attached hydrogens (tertiary/aromatic N) is 2. The number of amides is 1. The van der Waals surface area contributed by atoms with Gasteiger partial charge in [0.15, 0.2) is 0 Å². The SMILES string of the molecule is Cc1cccc2c1N(CCCN)CCC(=O)N2C. The average molecular weight is 247 g/mol. The van der Waals surface area contributed by atoms with Crippen molar-refractivity contribution >= 4 is 17.3 Å². The fourth-order valence-corrected chi connectivity index (χ4v) is 2.48. The summed E-state index contributed by atoms with van der Waals surface area (Å²) in [7, 11) is 1.85. The molecule has 98 valence electrons. The number of anilines is 2. The summed E-state index contributed by atoms with van der Waals surface area (Å²) in [6.45, 7) is 4.47. The molecular weight excluding hydrogens is 226 g/mol. The fourth-order valence-electron chi connectivity index (χ4n) is 2.48. The van der Waals surface area contributed by atoms with Gasteiger partial charge in [0.1, 0.15) is 0 Å². The molecule has 0 aromatic heterocycles. The molecule has 0 radical (unpaired) electrons. The van der Waals surface area contributed by atoms with E-state index in [1.54, 1.807) is 4.90 Å². The van der Waals surface area contributed by atoms with Crippen LogP contribution in [-0.2, 0) is 4.79 Å². The smallest absolute Gasteiger partial charge is 0.228 e. The second kappa shape index (κ2) is 5.40. The zero-order chi connectivity index (χ0) is 13.1. The molecule has 4 nitrogen and oxygen atoms in total. The van der Waals surface area contributed by atoms with Gasteiger partial charge in [-0.05, 0) is 31.5 Å². The number of benzene rings is 1. The highest BCUT2D eigenvalue weighted by Gasteiger charge is 2.24. The normalized spacial score (nSPS) is 15.6. The highest BCUT2D eigenvalue weighted by atomic mass is 16.2. The van der Waals surface area contributed by atoms with Gasteiger partial charge in [-0.3, -0.25) is 4.79 Å². The molecule has 0 spiro atoms. The molecule has 0 atom stereocenters. The van der Waals surface area contributed by atoms with Crippen molar-refractivity contribution in [2.24, 2.45) is 5.73 Å². The van der Waals surface area contributed by atoms with E-state index >= 15 is 0 Å². The molecule has 1 aliphatic heterocycles. The van der Waals surface area contributed by atoms with Crippen molar-refractivity contribution in [3.63, 3.8) is 0 Å². The molecule has 4 heteroatoms. The maximum absolute atomic E-state index is 12.0. The Labute approximate surface area is 108 Å². The molecule has 1 aromatic carbocycles. The van der Waals surface area contributed by atoms with Crippen LogP contribution in [0.4, 0.5) is 11.4 Å². The van der Waals surface area contributed by atoms with E-state index in [2.05, 4.69) is 17.9 Å². The molecule has 2 N–H and O–H groups in total. The molecule has 2 rings (SSSR count). The van der Waals surface area contributed by atoms with Crippen molar-refractivity contribution in [3.05, 3.63) is 23.8 Å². The number of carbonyl (C=O) groups excluding carboxylic acids is 1. The lowest BCUT2D eigenvalue weighted by Gasteiger charge is -2.27. The topological polar surface area (TPSA) is 49.6 Å². The zero-order valence-corrected chi connectivity index (χ0v) is 11.1. The summed E-state index contributed by atoms with van der Waals surface area (Å²) in [4.78, 5) is 16.0. The third kappa shape index (κ3) is 2.34. The quantitative estimate of drug-likeness (QED) is 0.881. The Balaban J connectivity index is 2.42. The van der Waals surface area contributed by atoms with Gasteiger partial charge < -0.3 is 15.5 Å². The first-order chi connectivity index (χ1) is 8.65. The van der Waals surface area contributed by atoms with Gasteiger partial charge in [-0.25, -0.2) is 0 Å². The lowest BCUT2D eigenvalue weighted by atomic mass is 10.1. The number of aryl methyl sites for hydroxylation is 1. The monoisotopic (exact) mass is 247 g/mol. The Morgan fingerprint density at radius 1 is 1.39 bits per heavy atom. The Morgan fingerprint density at radius 2 is 2.17 bits per heavy atom. The van der Waals surface area contributed by atoms with E-state index in [1.807, 2.05) is 19.2 Å². The maximum Gasteiger partial charge on any atom is 0.228 e. The van der Waals surface area contributed by atoms with Crippen LogP contribution in [0.2, 0.25) is 0 Å². The number of para-hydroxylation sites is 1. The predicted octanol–water partition coefficient (Wildman–Crippen LogP) is 1.52. The van der Waals surface area contributed by atoms with E-state index in [-0.39, 0.29) is 5.91 Å². The number of carbonyl (C=O) groups is 1. The van der Waals surface area contributed by atoms with Gasteiger partial charge in [-0.1, -0.05) is 12.1 Å². The van der Waals surface area contributed by atoms with Gasteiger partial charge in [0, 0.05) is 26.6 Å². The Kier molecular flexibility index (Phi) is 3.87. The van der Waals surface area contributed by atoms with Crippen LogP contribution in [0.5, 0.6) is 0 Å². The Morgan fingerprint density at radius 3 is 2.89 bits per heavy atom. The van der Waals surface area contributed by atoms with Gasteiger partial charge in [0.25, 0.3) is 0 Å². The molecule has 18 heavy (non-hydrogen) atoms. The molecule has 1 aliphatic rings. The van der Waals surface area contributed by atoms with Crippen molar-refractivity contribution in [3.8, 4) is 0 Å². The minimum Gasteiger partial charge on any atom is -0.369 e. The van der Waals surface area contributed by atoms with Crippen LogP contribution in [-0.4, -0.2) is 32.6 Å². The van der Waals surface area contributed by atoms with Crippen LogP contribution >= 0.6 is 0 Å². The van der Waals surface area contributed by atoms with Crippen LogP contribution in [0.15, 0.2) is 18.2 Å². The molecule has 0 bridgehead atoms. The number of fused-ring (bicyclic) bond motifs is 1. The summed E-state index contributed by atoms with van der Waals surface area (Å²) in [6.07, 6.45) is 1.51. The lowest BCUT2D eigenvalue weighted by molar-refractivity contribution is -0.118. The lowest BCUT2D eigenvalue weighted by Crippen LogP contribution is -2.28. The predicted molar refractivity (Wildman–Crippen MR) is 75.1 cm³/mol. The molecule has 0 aliphatic carbocycles. The summed E-state index contributed by atoms with van der Waals surface area (Å²) in [5, 5.41) is 0. The van der Waals surface area contributed by atoms with Crippen molar-refractivity contribution < 1.29 is 4.79 Å². The van der Waals surface area contributed by atoms with E-state index in [4.69, 9.17) is 5.73 Å². The van der Waals surface area contributed by atoms with E-state index in [0.29, 0.717) is 13.0 Å². The van der Waals surface area contributed by atoms with Gasteiger partial charge in [-0.15, -0.1) is 0 Å². The first kappa shape index (κ1) is 12.9. The fraction of sp³-hybridized carbons (Fsp3) is 0.500. The summed E-state index contributed by atoms with van der Waals surface area (Å²) in [5.41, 5.74) is 9.00. The first-order valence-corrected chi connectivity index (χ1v) is 6.46. The van der Waals surface area contributed by atoms with Gasteiger partial charge in [0.05, 0.1) is 11.4 Å². The average Bonchev–Trinajstić information content (AvgIpc) is 2.49. The highest BCUT2D eigenvalue weighted by molar-refractivity contribution is 5.98. The second-order valence-corrected chi connectivity index (χ2v) is 4.77. The molecule has 1 aromatic rings. The number of rotatable bonds is 3. The Hall–Kier alpha value is -1.55. The minimum atomic E-state index is 0.178. The van der Waals surface area contributed by atoms with E-state index in [1.165, 1.54) is 11.3 Å². The highest BCUT2D eigenvalue weighted by Crippen LogP contribution is 2.34. The standard InChI is InChI=1S/C14H21N3O/c1-11-5-3-6-12-14(11)17(9-4-8-15)10-7-13(18)16(12)2/h3,5-6H,4,7-10,15H2,1-2H3. The molecule has 1 heterocycles. The minimum absolute atomic E-state index is 0.178. The third-order valence-electron chi connectivity index (χ3n) is 3.50. The van der Waals surface area contributed by atoms with Crippen molar-refractivity contribution in [2.75, 3.05) is 36.5 Å². The molecule has 0 unspecified atom stereocenters. The van der Waals surface area contributed by atoms with E-state index < -0.39 is 0 Å². The third-order valence-corrected chi connectivity index (χ3v) is 3.50. The maximum atomic E-state index is 12.0. The Bertz CT molecular complexity index is 445. The van der Waals surface area contributed by atoms with Crippen molar-refractivity contribution in [1.29, 1.82) is 0 Å². The number of nitrogens with two attached hydrogens (primary N) is 1. The molecular formula is C14H21N3O. The number of hydrogen-bond donors (Lipinski definition) is 1. The van der Waals surface area contributed by atoms with Gasteiger partial charge in [-0.2, -0.15) is 0 Å². The van der Waals surface area contributed by atoms with Crippen LogP contribution in [0.25, 0.3) is 0 Å². The molecule has 0 fully saturated rings. The summed E-state index contributed by atoms with van der Waals surface area (Å²) in [6, 6.07) is 6.11. The second-order valence-electron chi connectivity index (χ2n) is 4.77. The molecule has 0 saturated carbocycles. The molecule has 1 amide bonds. The summed E-state index contributed by atoms with van der Waals surface area (Å²) < 4.78 is 0. The number of hydrogen-bond acceptors (Lipinski definition) is 3. The van der Waals surface area contributed by atoms with Gasteiger partial charge in [0.2, 0.25) is 5.91 Å². The van der Waals surface area contributed by atoms with Crippen LogP contribution < -0.4 is 15.5 Å². The largest absolute Gasteiger partial charge is 0.369 e. The molecule has 0 saturated heterocycles.